The molecule has 4 rings (SSSR count). The first-order valence-electron chi connectivity index (χ1n) is 12.4. The van der Waals surface area contributed by atoms with Crippen LogP contribution in [0.2, 0.25) is 0 Å². The zero-order valence-electron chi connectivity index (χ0n) is 21.7. The number of hydrogen-bond donors (Lipinski definition) is 2. The van der Waals surface area contributed by atoms with Crippen LogP contribution in [0.1, 0.15) is 33.4 Å². The molecule has 38 heavy (non-hydrogen) atoms. The van der Waals surface area contributed by atoms with Crippen molar-refractivity contribution in [1.29, 1.82) is 0 Å². The highest BCUT2D eigenvalue weighted by Gasteiger charge is 2.16. The molecular weight excluding hydrogens is 474 g/mol. The molecule has 2 N–H and O–H groups in total. The zero-order chi connectivity index (χ0) is 27.3. The molecule has 5 nitrogen and oxygen atoms in total. The first-order chi connectivity index (χ1) is 18.3. The summed E-state index contributed by atoms with van der Waals surface area (Å²) in [6.07, 6.45) is 3.97. The van der Waals surface area contributed by atoms with E-state index in [2.05, 4.69) is 122 Å². The first kappa shape index (κ1) is 27.9. The number of hydrogen-bond acceptors (Lipinski definition) is 3. The lowest BCUT2D eigenvalue weighted by Crippen LogP contribution is -2.15. The fraction of sp³-hybridized carbons (Fsp3) is 0.152. The minimum atomic E-state index is -1.26. The summed E-state index contributed by atoms with van der Waals surface area (Å²) in [4.78, 5) is 21.4. The minimum Gasteiger partial charge on any atom is -0.478 e. The molecule has 0 amide bonds. The van der Waals surface area contributed by atoms with Crippen LogP contribution in [-0.4, -0.2) is 36.2 Å². The van der Waals surface area contributed by atoms with Crippen LogP contribution in [0.3, 0.4) is 0 Å². The summed E-state index contributed by atoms with van der Waals surface area (Å²) in [6.45, 7) is 0. The summed E-state index contributed by atoms with van der Waals surface area (Å²) in [7, 11) is 4.29. The number of benzene rings is 4. The van der Waals surface area contributed by atoms with E-state index in [0.717, 1.165) is 19.3 Å². The van der Waals surface area contributed by atoms with Crippen LogP contribution in [-0.2, 0) is 28.9 Å². The van der Waals surface area contributed by atoms with Crippen molar-refractivity contribution in [3.05, 3.63) is 149 Å². The van der Waals surface area contributed by atoms with Gasteiger partial charge < -0.3 is 15.1 Å². The third kappa shape index (κ3) is 8.79. The highest BCUT2D eigenvalue weighted by atomic mass is 16.4. The van der Waals surface area contributed by atoms with Gasteiger partial charge in [0.15, 0.2) is 0 Å². The summed E-state index contributed by atoms with van der Waals surface area (Å²) in [5.74, 6) is -2.51. The topological polar surface area (TPSA) is 77.8 Å². The van der Waals surface area contributed by atoms with E-state index < -0.39 is 11.9 Å². The third-order valence-electron chi connectivity index (χ3n) is 6.04. The van der Waals surface area contributed by atoms with E-state index in [1.165, 1.54) is 39.1 Å². The SMILES string of the molecule is CN(C)c1ccc(Cc2ccccc2)c(Cc2ccccc2)c1Cc1ccccc1.O=C(O)/C=C/C(=O)O. The van der Waals surface area contributed by atoms with Crippen molar-refractivity contribution in [1.82, 2.24) is 0 Å². The van der Waals surface area contributed by atoms with Crippen LogP contribution in [0.5, 0.6) is 0 Å². The van der Waals surface area contributed by atoms with E-state index in [1.807, 2.05) is 0 Å². The zero-order valence-corrected chi connectivity index (χ0v) is 21.7. The summed E-state index contributed by atoms with van der Waals surface area (Å²) in [5.41, 5.74) is 9.69. The Bertz CT molecular complexity index is 1330. The van der Waals surface area contributed by atoms with E-state index in [-0.39, 0.29) is 0 Å². The van der Waals surface area contributed by atoms with Gasteiger partial charge in [-0.25, -0.2) is 9.59 Å². The van der Waals surface area contributed by atoms with Crippen molar-refractivity contribution >= 4 is 17.6 Å². The molecule has 0 fully saturated rings. The monoisotopic (exact) mass is 507 g/mol. The maximum absolute atomic E-state index is 9.55. The normalized spacial score (nSPS) is 10.5. The van der Waals surface area contributed by atoms with Crippen LogP contribution in [0.25, 0.3) is 0 Å². The summed E-state index contributed by atoms with van der Waals surface area (Å²) < 4.78 is 0. The highest BCUT2D eigenvalue weighted by Crippen LogP contribution is 2.31. The lowest BCUT2D eigenvalue weighted by molar-refractivity contribution is -0.134. The Morgan fingerprint density at radius 2 is 0.974 bits per heavy atom. The number of nitrogens with zero attached hydrogens (tertiary/aromatic N) is 1. The van der Waals surface area contributed by atoms with Crippen LogP contribution in [0, 0.1) is 0 Å². The molecule has 0 aliphatic heterocycles. The molecule has 0 bridgehead atoms. The van der Waals surface area contributed by atoms with Crippen LogP contribution < -0.4 is 4.90 Å². The van der Waals surface area contributed by atoms with E-state index in [1.54, 1.807) is 0 Å². The second-order valence-electron chi connectivity index (χ2n) is 9.09. The lowest BCUT2D eigenvalue weighted by atomic mass is 9.87. The van der Waals surface area contributed by atoms with Crippen LogP contribution in [0.15, 0.2) is 115 Å². The molecule has 5 heteroatoms. The maximum Gasteiger partial charge on any atom is 0.328 e. The Hall–Kier alpha value is -4.64. The fourth-order valence-corrected chi connectivity index (χ4v) is 4.29. The van der Waals surface area contributed by atoms with Gasteiger partial charge in [-0.1, -0.05) is 97.1 Å². The maximum atomic E-state index is 9.55. The van der Waals surface area contributed by atoms with E-state index >= 15 is 0 Å². The van der Waals surface area contributed by atoms with Gasteiger partial charge in [-0.2, -0.15) is 0 Å². The van der Waals surface area contributed by atoms with Gasteiger partial charge in [0.1, 0.15) is 0 Å². The summed E-state index contributed by atoms with van der Waals surface area (Å²) in [5, 5.41) is 15.6. The molecule has 0 aliphatic carbocycles. The van der Waals surface area contributed by atoms with Crippen molar-refractivity contribution in [2.75, 3.05) is 19.0 Å². The Morgan fingerprint density at radius 1 is 0.579 bits per heavy atom. The largest absolute Gasteiger partial charge is 0.478 e. The van der Waals surface area contributed by atoms with Crippen molar-refractivity contribution < 1.29 is 19.8 Å². The number of rotatable bonds is 9. The molecule has 0 aliphatic rings. The van der Waals surface area contributed by atoms with Gasteiger partial charge in [0.05, 0.1) is 0 Å². The summed E-state index contributed by atoms with van der Waals surface area (Å²) in [6, 6.07) is 37.1. The predicted octanol–water partition coefficient (Wildman–Crippen LogP) is 6.24. The van der Waals surface area contributed by atoms with E-state index in [0.29, 0.717) is 12.2 Å². The van der Waals surface area contributed by atoms with E-state index in [9.17, 15) is 9.59 Å². The molecule has 0 atom stereocenters. The van der Waals surface area contributed by atoms with Crippen molar-refractivity contribution in [2.24, 2.45) is 0 Å². The number of carboxylic acid groups (broad SMARTS) is 2. The Labute approximate surface area is 224 Å². The molecule has 0 aromatic heterocycles. The van der Waals surface area contributed by atoms with Gasteiger partial charge in [0.2, 0.25) is 0 Å². The summed E-state index contributed by atoms with van der Waals surface area (Å²) >= 11 is 0. The van der Waals surface area contributed by atoms with Crippen LogP contribution >= 0.6 is 0 Å². The van der Waals surface area contributed by atoms with Gasteiger partial charge in [-0.3, -0.25) is 0 Å². The molecule has 194 valence electrons. The Kier molecular flexibility index (Phi) is 10.4. The molecule has 0 saturated heterocycles. The highest BCUT2D eigenvalue weighted by molar-refractivity contribution is 5.89. The molecule has 0 heterocycles. The van der Waals surface area contributed by atoms with Gasteiger partial charge >= 0.3 is 11.9 Å². The smallest absolute Gasteiger partial charge is 0.328 e. The van der Waals surface area contributed by atoms with Gasteiger partial charge in [-0.05, 0) is 58.7 Å². The van der Waals surface area contributed by atoms with Crippen LogP contribution in [0.4, 0.5) is 5.69 Å². The molecule has 0 radical (unpaired) electrons. The molecule has 4 aromatic rings. The van der Waals surface area contributed by atoms with Gasteiger partial charge in [0, 0.05) is 31.9 Å². The molecule has 0 saturated carbocycles. The van der Waals surface area contributed by atoms with Gasteiger partial charge in [0.25, 0.3) is 0 Å². The second kappa shape index (κ2) is 14.2. The first-order valence-corrected chi connectivity index (χ1v) is 12.4. The fourth-order valence-electron chi connectivity index (χ4n) is 4.29. The van der Waals surface area contributed by atoms with Crippen molar-refractivity contribution in [3.8, 4) is 0 Å². The Balaban J connectivity index is 0.000000436. The average Bonchev–Trinajstić information content (AvgIpc) is 2.91. The van der Waals surface area contributed by atoms with Crippen molar-refractivity contribution in [2.45, 2.75) is 19.3 Å². The van der Waals surface area contributed by atoms with E-state index in [4.69, 9.17) is 10.2 Å². The molecular formula is C33H33NO4. The third-order valence-corrected chi connectivity index (χ3v) is 6.04. The van der Waals surface area contributed by atoms with Gasteiger partial charge in [-0.15, -0.1) is 0 Å². The number of carboxylic acids is 2. The standard InChI is InChI=1S/C29H29N.C4H4O4/c1-30(2)29-19-18-26(20-23-12-6-3-7-13-23)27(21-24-14-8-4-9-15-24)28(29)22-25-16-10-5-11-17-25;5-3(6)1-2-4(7)8/h3-19H,20-22H2,1-2H3;1-2H,(H,5,6)(H,7,8)/b;2-1+. The number of aliphatic carboxylic acids is 2. The lowest BCUT2D eigenvalue weighted by Gasteiger charge is -2.24. The quantitative estimate of drug-likeness (QED) is 0.262. The second-order valence-corrected chi connectivity index (χ2v) is 9.09. The average molecular weight is 508 g/mol. The molecule has 0 unspecified atom stereocenters. The number of carbonyl (C=O) groups is 2. The van der Waals surface area contributed by atoms with Crippen molar-refractivity contribution in [3.63, 3.8) is 0 Å². The molecule has 0 spiro atoms. The number of anilines is 1. The molecule has 4 aromatic carbocycles. The Morgan fingerprint density at radius 3 is 1.37 bits per heavy atom. The predicted molar refractivity (Wildman–Crippen MR) is 153 cm³/mol. The minimum absolute atomic E-state index is 0.558.